The predicted octanol–water partition coefficient (Wildman–Crippen LogP) is 1.32. The summed E-state index contributed by atoms with van der Waals surface area (Å²) in [5.74, 6) is 0.918. The maximum absolute atomic E-state index is 11.7. The van der Waals surface area contributed by atoms with Crippen LogP contribution in [0.4, 0.5) is 0 Å². The van der Waals surface area contributed by atoms with E-state index in [0.29, 0.717) is 19.6 Å². The number of rotatable bonds is 6. The van der Waals surface area contributed by atoms with E-state index in [1.807, 2.05) is 13.0 Å². The van der Waals surface area contributed by atoms with Crippen LogP contribution in [-0.4, -0.2) is 30.9 Å². The highest BCUT2D eigenvalue weighted by molar-refractivity contribution is 5.77. The molecule has 1 N–H and O–H groups in total. The summed E-state index contributed by atoms with van der Waals surface area (Å²) < 4.78 is 5.18. The third-order valence-electron chi connectivity index (χ3n) is 2.36. The first-order valence-corrected chi connectivity index (χ1v) is 5.23. The van der Waals surface area contributed by atoms with E-state index in [1.54, 1.807) is 24.3 Å². The Bertz CT molecular complexity index is 358. The van der Waals surface area contributed by atoms with Crippen molar-refractivity contribution in [2.24, 2.45) is 0 Å². The molecule has 0 radical (unpaired) electrons. The third-order valence-corrected chi connectivity index (χ3v) is 2.36. The predicted molar refractivity (Wildman–Crippen MR) is 63.0 cm³/mol. The fraction of sp³-hybridized carbons (Fsp3) is 0.417. The summed E-state index contributed by atoms with van der Waals surface area (Å²) in [6.45, 7) is 7.02. The highest BCUT2D eigenvalue weighted by atomic mass is 16.3. The average Bonchev–Trinajstić information content (AvgIpc) is 2.64. The minimum atomic E-state index is 0.0578. The first kappa shape index (κ1) is 12.5. The van der Waals surface area contributed by atoms with Crippen LogP contribution in [0.25, 0.3) is 0 Å². The van der Waals surface area contributed by atoms with Gasteiger partial charge in [-0.2, -0.15) is 0 Å². The van der Waals surface area contributed by atoms with Crippen molar-refractivity contribution in [1.82, 2.24) is 10.2 Å². The Kier molecular flexibility index (Phi) is 4.79. The Morgan fingerprint density at radius 1 is 1.69 bits per heavy atom. The number of carbonyl (C=O) groups is 1. The molecule has 1 aromatic rings. The van der Waals surface area contributed by atoms with Gasteiger partial charge < -0.3 is 14.6 Å². The van der Waals surface area contributed by atoms with Crippen molar-refractivity contribution < 1.29 is 9.21 Å². The van der Waals surface area contributed by atoms with Crippen molar-refractivity contribution in [3.8, 4) is 0 Å². The minimum absolute atomic E-state index is 0.0578. The van der Waals surface area contributed by atoms with Crippen LogP contribution in [0, 0.1) is 6.92 Å². The molecule has 0 bridgehead atoms. The molecule has 1 aromatic heterocycles. The van der Waals surface area contributed by atoms with Crippen molar-refractivity contribution in [2.45, 2.75) is 13.5 Å². The summed E-state index contributed by atoms with van der Waals surface area (Å²) in [4.78, 5) is 13.3. The number of hydrogen-bond donors (Lipinski definition) is 1. The van der Waals surface area contributed by atoms with Gasteiger partial charge in [0.05, 0.1) is 12.8 Å². The van der Waals surface area contributed by atoms with Crippen LogP contribution >= 0.6 is 0 Å². The number of hydrogen-bond acceptors (Lipinski definition) is 3. The van der Waals surface area contributed by atoms with Crippen LogP contribution in [0.2, 0.25) is 0 Å². The third kappa shape index (κ3) is 3.55. The Morgan fingerprint density at radius 2 is 2.44 bits per heavy atom. The second-order valence-electron chi connectivity index (χ2n) is 3.67. The summed E-state index contributed by atoms with van der Waals surface area (Å²) in [6.07, 6.45) is 3.37. The Balaban J connectivity index is 2.40. The quantitative estimate of drug-likeness (QED) is 0.583. The van der Waals surface area contributed by atoms with Crippen LogP contribution in [0.5, 0.6) is 0 Å². The molecule has 0 saturated heterocycles. The van der Waals surface area contributed by atoms with Gasteiger partial charge in [-0.3, -0.25) is 4.79 Å². The van der Waals surface area contributed by atoms with E-state index >= 15 is 0 Å². The van der Waals surface area contributed by atoms with Gasteiger partial charge in [0.25, 0.3) is 0 Å². The number of furan rings is 1. The van der Waals surface area contributed by atoms with Crippen LogP contribution < -0.4 is 5.32 Å². The monoisotopic (exact) mass is 222 g/mol. The Labute approximate surface area is 95.9 Å². The molecule has 1 heterocycles. The number of aryl methyl sites for hydroxylation is 1. The molecular weight excluding hydrogens is 204 g/mol. The number of amides is 1. The molecule has 1 rings (SSSR count). The standard InChI is InChI=1S/C12H18N2O2/c1-4-6-13-8-12(15)14(3)9-11-5-7-16-10(11)2/h4-5,7,13H,1,6,8-9H2,2-3H3. The van der Waals surface area contributed by atoms with E-state index in [2.05, 4.69) is 11.9 Å². The van der Waals surface area contributed by atoms with E-state index in [1.165, 1.54) is 0 Å². The van der Waals surface area contributed by atoms with Crippen molar-refractivity contribution in [2.75, 3.05) is 20.1 Å². The van der Waals surface area contributed by atoms with Gasteiger partial charge in [0.15, 0.2) is 0 Å². The molecule has 88 valence electrons. The van der Waals surface area contributed by atoms with Crippen molar-refractivity contribution in [3.63, 3.8) is 0 Å². The molecule has 0 atom stereocenters. The molecule has 0 spiro atoms. The molecule has 0 aliphatic carbocycles. The average molecular weight is 222 g/mol. The van der Waals surface area contributed by atoms with Gasteiger partial charge in [0.1, 0.15) is 5.76 Å². The van der Waals surface area contributed by atoms with Gasteiger partial charge in [-0.25, -0.2) is 0 Å². The lowest BCUT2D eigenvalue weighted by Crippen LogP contribution is -2.35. The molecular formula is C12H18N2O2. The van der Waals surface area contributed by atoms with Crippen molar-refractivity contribution in [3.05, 3.63) is 36.3 Å². The number of nitrogens with zero attached hydrogens (tertiary/aromatic N) is 1. The molecule has 0 fully saturated rings. The molecule has 4 heteroatoms. The maximum atomic E-state index is 11.7. The number of carbonyl (C=O) groups excluding carboxylic acids is 1. The van der Waals surface area contributed by atoms with Gasteiger partial charge in [-0.05, 0) is 13.0 Å². The fourth-order valence-electron chi connectivity index (χ4n) is 1.34. The van der Waals surface area contributed by atoms with E-state index in [9.17, 15) is 4.79 Å². The largest absolute Gasteiger partial charge is 0.469 e. The zero-order valence-corrected chi connectivity index (χ0v) is 9.82. The Morgan fingerprint density at radius 3 is 3.00 bits per heavy atom. The Hall–Kier alpha value is -1.55. The summed E-state index contributed by atoms with van der Waals surface area (Å²) in [7, 11) is 1.78. The van der Waals surface area contributed by atoms with Crippen molar-refractivity contribution in [1.29, 1.82) is 0 Å². The zero-order chi connectivity index (χ0) is 12.0. The maximum Gasteiger partial charge on any atom is 0.236 e. The summed E-state index contributed by atoms with van der Waals surface area (Å²) in [5.41, 5.74) is 1.04. The first-order valence-electron chi connectivity index (χ1n) is 5.23. The van der Waals surface area contributed by atoms with E-state index in [0.717, 1.165) is 11.3 Å². The molecule has 0 aromatic carbocycles. The van der Waals surface area contributed by atoms with Crippen LogP contribution in [0.1, 0.15) is 11.3 Å². The van der Waals surface area contributed by atoms with E-state index in [-0.39, 0.29) is 5.91 Å². The van der Waals surface area contributed by atoms with Gasteiger partial charge in [-0.1, -0.05) is 6.08 Å². The van der Waals surface area contributed by atoms with Crippen LogP contribution in [-0.2, 0) is 11.3 Å². The topological polar surface area (TPSA) is 45.5 Å². The van der Waals surface area contributed by atoms with Gasteiger partial charge >= 0.3 is 0 Å². The first-order chi connectivity index (χ1) is 7.65. The van der Waals surface area contributed by atoms with Gasteiger partial charge in [-0.15, -0.1) is 6.58 Å². The molecule has 16 heavy (non-hydrogen) atoms. The van der Waals surface area contributed by atoms with Gasteiger partial charge in [0.2, 0.25) is 5.91 Å². The van der Waals surface area contributed by atoms with Crippen molar-refractivity contribution >= 4 is 5.91 Å². The lowest BCUT2D eigenvalue weighted by Gasteiger charge is -2.16. The summed E-state index contributed by atoms with van der Waals surface area (Å²) in [5, 5.41) is 2.98. The number of likely N-dealkylation sites (N-methyl/N-ethyl adjacent to an activating group) is 1. The lowest BCUT2D eigenvalue weighted by atomic mass is 10.2. The highest BCUT2D eigenvalue weighted by Crippen LogP contribution is 2.10. The molecule has 0 aliphatic rings. The highest BCUT2D eigenvalue weighted by Gasteiger charge is 2.10. The summed E-state index contributed by atoms with van der Waals surface area (Å²) in [6, 6.07) is 1.89. The molecule has 0 saturated carbocycles. The van der Waals surface area contributed by atoms with Crippen LogP contribution in [0.3, 0.4) is 0 Å². The SMILES string of the molecule is C=CCNCC(=O)N(C)Cc1ccoc1C. The fourth-order valence-corrected chi connectivity index (χ4v) is 1.34. The second kappa shape index (κ2) is 6.12. The van der Waals surface area contributed by atoms with Crippen LogP contribution in [0.15, 0.2) is 29.4 Å². The van der Waals surface area contributed by atoms with Gasteiger partial charge in [0, 0.05) is 25.7 Å². The lowest BCUT2D eigenvalue weighted by molar-refractivity contribution is -0.129. The second-order valence-corrected chi connectivity index (χ2v) is 3.67. The molecule has 0 unspecified atom stereocenters. The zero-order valence-electron chi connectivity index (χ0n) is 9.82. The normalized spacial score (nSPS) is 10.1. The molecule has 1 amide bonds. The smallest absolute Gasteiger partial charge is 0.236 e. The minimum Gasteiger partial charge on any atom is -0.469 e. The van der Waals surface area contributed by atoms with E-state index < -0.39 is 0 Å². The molecule has 0 aliphatic heterocycles. The summed E-state index contributed by atoms with van der Waals surface area (Å²) >= 11 is 0. The molecule has 4 nitrogen and oxygen atoms in total. The number of nitrogens with one attached hydrogen (secondary N) is 1. The van der Waals surface area contributed by atoms with E-state index in [4.69, 9.17) is 4.42 Å².